The molecule has 17 heavy (non-hydrogen) atoms. The minimum atomic E-state index is -0.834. The number of hydrogen-bond acceptors (Lipinski definition) is 5. The lowest BCUT2D eigenvalue weighted by molar-refractivity contribution is -0.0251. The van der Waals surface area contributed by atoms with Gasteiger partial charge >= 0.3 is 5.69 Å². The molecule has 92 valence electrons. The summed E-state index contributed by atoms with van der Waals surface area (Å²) in [6.45, 7) is 1.17. The van der Waals surface area contributed by atoms with Crippen LogP contribution in [0, 0.1) is 6.92 Å². The normalized spacial score (nSPS) is 23.8. The van der Waals surface area contributed by atoms with E-state index in [2.05, 4.69) is 4.98 Å². The summed E-state index contributed by atoms with van der Waals surface area (Å²) < 4.78 is 6.37. The number of nitrogens with zero attached hydrogens (tertiary/aromatic N) is 1. The second kappa shape index (κ2) is 4.19. The van der Waals surface area contributed by atoms with Crippen LogP contribution in [-0.4, -0.2) is 32.5 Å². The number of nitrogens with one attached hydrogen (secondary N) is 1. The zero-order valence-electron chi connectivity index (χ0n) is 9.08. The van der Waals surface area contributed by atoms with Crippen molar-refractivity contribution in [3.63, 3.8) is 0 Å². The molecule has 7 nitrogen and oxygen atoms in total. The molecule has 1 aliphatic heterocycles. The van der Waals surface area contributed by atoms with Crippen molar-refractivity contribution in [2.24, 2.45) is 0 Å². The van der Waals surface area contributed by atoms with Crippen LogP contribution < -0.4 is 11.2 Å². The molecule has 0 amide bonds. The average Bonchev–Trinajstić information content (AvgIpc) is 2.65. The van der Waals surface area contributed by atoms with Crippen molar-refractivity contribution >= 4 is 0 Å². The second-order valence-corrected chi connectivity index (χ2v) is 3.77. The molecule has 0 spiro atoms. The fourth-order valence-corrected chi connectivity index (χ4v) is 1.59. The first-order chi connectivity index (χ1) is 8.02. The molecular formula is C10H12N2O5. The lowest BCUT2D eigenvalue weighted by atomic mass is 10.3. The molecule has 0 aliphatic carbocycles. The van der Waals surface area contributed by atoms with Crippen molar-refractivity contribution in [2.75, 3.05) is 6.61 Å². The van der Waals surface area contributed by atoms with Gasteiger partial charge < -0.3 is 14.9 Å². The van der Waals surface area contributed by atoms with E-state index >= 15 is 0 Å². The van der Waals surface area contributed by atoms with Crippen LogP contribution in [0.4, 0.5) is 0 Å². The Bertz CT molecular complexity index is 571. The van der Waals surface area contributed by atoms with Crippen molar-refractivity contribution in [2.45, 2.75) is 19.3 Å². The van der Waals surface area contributed by atoms with Crippen LogP contribution in [0.3, 0.4) is 0 Å². The molecule has 0 saturated carbocycles. The predicted molar refractivity (Wildman–Crippen MR) is 57.8 cm³/mol. The Balaban J connectivity index is 2.41. The Morgan fingerprint density at radius 1 is 1.53 bits per heavy atom. The third-order valence-electron chi connectivity index (χ3n) is 2.53. The van der Waals surface area contributed by atoms with Crippen molar-refractivity contribution < 1.29 is 14.9 Å². The zero-order chi connectivity index (χ0) is 12.6. The quantitative estimate of drug-likeness (QED) is 0.626. The number of aliphatic hydroxyl groups is 2. The fourth-order valence-electron chi connectivity index (χ4n) is 1.59. The molecule has 0 aromatic carbocycles. The molecule has 7 heteroatoms. The molecule has 2 unspecified atom stereocenters. The van der Waals surface area contributed by atoms with E-state index in [1.54, 1.807) is 6.92 Å². The van der Waals surface area contributed by atoms with Crippen LogP contribution >= 0.6 is 0 Å². The first-order valence-corrected chi connectivity index (χ1v) is 5.02. The van der Waals surface area contributed by atoms with E-state index in [1.165, 1.54) is 12.3 Å². The topological polar surface area (TPSA) is 105 Å². The second-order valence-electron chi connectivity index (χ2n) is 3.77. The largest absolute Gasteiger partial charge is 0.510 e. The number of aryl methyl sites for hydroxylation is 1. The molecule has 0 radical (unpaired) electrons. The van der Waals surface area contributed by atoms with Crippen LogP contribution in [0.25, 0.3) is 0 Å². The van der Waals surface area contributed by atoms with Gasteiger partial charge in [0.1, 0.15) is 11.9 Å². The first kappa shape index (κ1) is 11.6. The van der Waals surface area contributed by atoms with Crippen molar-refractivity contribution in [3.05, 3.63) is 44.4 Å². The molecule has 0 fully saturated rings. The van der Waals surface area contributed by atoms with E-state index < -0.39 is 23.6 Å². The van der Waals surface area contributed by atoms with Crippen molar-refractivity contribution in [1.29, 1.82) is 0 Å². The summed E-state index contributed by atoms with van der Waals surface area (Å²) in [5, 5.41) is 18.3. The summed E-state index contributed by atoms with van der Waals surface area (Å²) in [6, 6.07) is 0. The predicted octanol–water partition coefficient (Wildman–Crippen LogP) is -0.823. The van der Waals surface area contributed by atoms with Crippen molar-refractivity contribution in [1.82, 2.24) is 9.55 Å². The maximum Gasteiger partial charge on any atom is 0.330 e. The van der Waals surface area contributed by atoms with E-state index in [4.69, 9.17) is 9.84 Å². The highest BCUT2D eigenvalue weighted by Gasteiger charge is 2.28. The zero-order valence-corrected chi connectivity index (χ0v) is 9.08. The third kappa shape index (κ3) is 2.02. The summed E-state index contributed by atoms with van der Waals surface area (Å²) in [5.74, 6) is -0.131. The summed E-state index contributed by atoms with van der Waals surface area (Å²) in [5.41, 5.74) is -0.738. The number of aromatic nitrogens is 2. The first-order valence-electron chi connectivity index (χ1n) is 5.02. The summed E-state index contributed by atoms with van der Waals surface area (Å²) in [4.78, 5) is 24.8. The number of hydrogen-bond donors (Lipinski definition) is 3. The Kier molecular flexibility index (Phi) is 2.86. The summed E-state index contributed by atoms with van der Waals surface area (Å²) in [7, 11) is 0. The van der Waals surface area contributed by atoms with Gasteiger partial charge in [0.2, 0.25) is 0 Å². The number of rotatable bonds is 2. The van der Waals surface area contributed by atoms with Gasteiger partial charge in [-0.05, 0) is 6.92 Å². The van der Waals surface area contributed by atoms with Gasteiger partial charge in [-0.15, -0.1) is 0 Å². The van der Waals surface area contributed by atoms with E-state index in [1.807, 2.05) is 0 Å². The molecule has 0 bridgehead atoms. The van der Waals surface area contributed by atoms with Gasteiger partial charge in [-0.1, -0.05) is 0 Å². The Morgan fingerprint density at radius 3 is 2.82 bits per heavy atom. The molecule has 3 N–H and O–H groups in total. The highest BCUT2D eigenvalue weighted by atomic mass is 16.5. The molecule has 1 aromatic rings. The van der Waals surface area contributed by atoms with Crippen LogP contribution in [0.2, 0.25) is 0 Å². The van der Waals surface area contributed by atoms with E-state index in [-0.39, 0.29) is 12.4 Å². The Labute approximate surface area is 95.6 Å². The molecule has 2 rings (SSSR count). The van der Waals surface area contributed by atoms with Gasteiger partial charge in [-0.25, -0.2) is 4.79 Å². The molecule has 0 saturated heterocycles. The highest BCUT2D eigenvalue weighted by Crippen LogP contribution is 2.23. The van der Waals surface area contributed by atoms with Crippen LogP contribution in [0.15, 0.2) is 27.6 Å². The monoisotopic (exact) mass is 240 g/mol. The molecular weight excluding hydrogens is 228 g/mol. The van der Waals surface area contributed by atoms with E-state index in [0.29, 0.717) is 5.56 Å². The summed E-state index contributed by atoms with van der Waals surface area (Å²) in [6.07, 6.45) is 0.990. The number of aromatic amines is 1. The van der Waals surface area contributed by atoms with Gasteiger partial charge in [0, 0.05) is 17.8 Å². The maximum atomic E-state index is 11.5. The number of aliphatic hydroxyl groups excluding tert-OH is 2. The summed E-state index contributed by atoms with van der Waals surface area (Å²) >= 11 is 0. The van der Waals surface area contributed by atoms with Crippen LogP contribution in [0.5, 0.6) is 0 Å². The van der Waals surface area contributed by atoms with Gasteiger partial charge in [0.05, 0.1) is 6.61 Å². The van der Waals surface area contributed by atoms with Gasteiger partial charge in [-0.2, -0.15) is 0 Å². The lowest BCUT2D eigenvalue weighted by Crippen LogP contribution is -2.33. The highest BCUT2D eigenvalue weighted by molar-refractivity contribution is 5.10. The van der Waals surface area contributed by atoms with Gasteiger partial charge in [0.15, 0.2) is 6.23 Å². The smallest absolute Gasteiger partial charge is 0.330 e. The molecule has 2 heterocycles. The third-order valence-corrected chi connectivity index (χ3v) is 2.53. The number of ether oxygens (including phenoxy) is 1. The van der Waals surface area contributed by atoms with E-state index in [0.717, 1.165) is 4.57 Å². The average molecular weight is 240 g/mol. The Hall–Kier alpha value is -1.86. The molecule has 1 aliphatic rings. The van der Waals surface area contributed by atoms with Gasteiger partial charge in [-0.3, -0.25) is 14.3 Å². The van der Waals surface area contributed by atoms with Crippen LogP contribution in [0.1, 0.15) is 11.8 Å². The minimum absolute atomic E-state index is 0.131. The van der Waals surface area contributed by atoms with Crippen molar-refractivity contribution in [3.8, 4) is 0 Å². The molecule has 1 aromatic heterocycles. The Morgan fingerprint density at radius 2 is 2.24 bits per heavy atom. The minimum Gasteiger partial charge on any atom is -0.510 e. The molecule has 2 atom stereocenters. The van der Waals surface area contributed by atoms with Gasteiger partial charge in [0.25, 0.3) is 5.56 Å². The SMILES string of the molecule is Cc1cn(C2C=C(O)C(CO)O2)c(=O)[nH]c1=O. The fraction of sp³-hybridized carbons (Fsp3) is 0.400. The van der Waals surface area contributed by atoms with Crippen LogP contribution in [-0.2, 0) is 4.74 Å². The lowest BCUT2D eigenvalue weighted by Gasteiger charge is -2.14. The maximum absolute atomic E-state index is 11.5. The number of H-pyrrole nitrogens is 1. The standard InChI is InChI=1S/C10H12N2O5/c1-5-3-12(10(16)11-9(5)15)8-2-6(14)7(4-13)17-8/h2-3,7-8,13-14H,4H2,1H3,(H,11,15,16). The van der Waals surface area contributed by atoms with E-state index in [9.17, 15) is 14.7 Å².